The number of nitrogens with one attached hydrogen (secondary N) is 1. The lowest BCUT2D eigenvalue weighted by molar-refractivity contribution is -0.870. The van der Waals surface area contributed by atoms with Gasteiger partial charge in [-0.25, -0.2) is 4.57 Å². The van der Waals surface area contributed by atoms with Crippen LogP contribution in [0.3, 0.4) is 0 Å². The second-order valence-electron chi connectivity index (χ2n) is 21.7. The maximum Gasteiger partial charge on any atom is 0.472 e. The molecule has 0 saturated carbocycles. The second kappa shape index (κ2) is 50.9. The van der Waals surface area contributed by atoms with E-state index in [0.29, 0.717) is 17.4 Å². The molecule has 0 radical (unpaired) electrons. The summed E-state index contributed by atoms with van der Waals surface area (Å²) in [5, 5.41) is 13.8. The van der Waals surface area contributed by atoms with Gasteiger partial charge in [0.2, 0.25) is 5.91 Å². The van der Waals surface area contributed by atoms with Gasteiger partial charge in [0.15, 0.2) is 0 Å². The van der Waals surface area contributed by atoms with Gasteiger partial charge in [0.25, 0.3) is 0 Å². The third-order valence-corrected chi connectivity index (χ3v) is 14.7. The first-order chi connectivity index (χ1) is 33.0. The minimum Gasteiger partial charge on any atom is -0.387 e. The van der Waals surface area contributed by atoms with Crippen LogP contribution in [-0.2, 0) is 18.4 Å². The van der Waals surface area contributed by atoms with Crippen molar-refractivity contribution in [2.75, 3.05) is 40.9 Å². The van der Waals surface area contributed by atoms with E-state index in [4.69, 9.17) is 9.05 Å². The minimum atomic E-state index is -4.34. The van der Waals surface area contributed by atoms with Crippen molar-refractivity contribution in [2.45, 2.75) is 309 Å². The van der Waals surface area contributed by atoms with E-state index in [2.05, 4.69) is 31.3 Å². The van der Waals surface area contributed by atoms with E-state index in [-0.39, 0.29) is 19.1 Å². The van der Waals surface area contributed by atoms with Crippen LogP contribution < -0.4 is 5.32 Å². The Labute approximate surface area is 424 Å². The fraction of sp³-hybridized carbons (Fsp3) is 0.915. The molecule has 0 aromatic rings. The Bertz CT molecular complexity index is 1160. The number of unbranched alkanes of at least 4 members (excludes halogenated alkanes) is 40. The number of hydrogen-bond donors (Lipinski definition) is 3. The summed E-state index contributed by atoms with van der Waals surface area (Å²) in [7, 11) is 1.57. The number of quaternary nitrogens is 1. The molecule has 8 nitrogen and oxygen atoms in total. The summed E-state index contributed by atoms with van der Waals surface area (Å²) in [4.78, 5) is 23.2. The molecule has 1 amide bonds. The molecule has 0 aromatic carbocycles. The fourth-order valence-electron chi connectivity index (χ4n) is 9.00. The molecule has 0 heterocycles. The van der Waals surface area contributed by atoms with Crippen LogP contribution in [0, 0.1) is 0 Å². The summed E-state index contributed by atoms with van der Waals surface area (Å²) >= 11 is 0. The number of carbonyl (C=O) groups excluding carboxylic acids is 1. The highest BCUT2D eigenvalue weighted by Gasteiger charge is 2.27. The Morgan fingerprint density at radius 1 is 0.485 bits per heavy atom. The number of carbonyl (C=O) groups is 1. The third kappa shape index (κ3) is 52.8. The summed E-state index contributed by atoms with van der Waals surface area (Å²) < 4.78 is 23.6. The van der Waals surface area contributed by atoms with Crippen LogP contribution in [0.2, 0.25) is 0 Å². The van der Waals surface area contributed by atoms with Crippen molar-refractivity contribution in [3.8, 4) is 0 Å². The van der Waals surface area contributed by atoms with Crippen LogP contribution in [0.25, 0.3) is 0 Å². The molecule has 3 N–H and O–H groups in total. The van der Waals surface area contributed by atoms with Crippen LogP contribution in [0.15, 0.2) is 24.3 Å². The van der Waals surface area contributed by atoms with E-state index >= 15 is 0 Å². The largest absolute Gasteiger partial charge is 0.472 e. The predicted molar refractivity (Wildman–Crippen MR) is 295 cm³/mol. The number of phosphoric ester groups is 1. The molecule has 3 atom stereocenters. The van der Waals surface area contributed by atoms with E-state index in [1.54, 1.807) is 6.08 Å². The predicted octanol–water partition coefficient (Wildman–Crippen LogP) is 18.0. The van der Waals surface area contributed by atoms with Crippen molar-refractivity contribution in [3.63, 3.8) is 0 Å². The lowest BCUT2D eigenvalue weighted by Gasteiger charge is -2.25. The molecule has 3 unspecified atom stereocenters. The highest BCUT2D eigenvalue weighted by molar-refractivity contribution is 7.47. The number of phosphoric acid groups is 1. The smallest absolute Gasteiger partial charge is 0.387 e. The van der Waals surface area contributed by atoms with Crippen LogP contribution in [0.4, 0.5) is 0 Å². The fourth-order valence-corrected chi connectivity index (χ4v) is 9.74. The van der Waals surface area contributed by atoms with Crippen molar-refractivity contribution in [1.29, 1.82) is 0 Å². The molecular formula is C59H118N2O6P+. The Kier molecular flexibility index (Phi) is 50.1. The molecule has 0 rings (SSSR count). The van der Waals surface area contributed by atoms with Crippen molar-refractivity contribution < 1.29 is 32.9 Å². The van der Waals surface area contributed by atoms with Gasteiger partial charge < -0.3 is 19.8 Å². The summed E-state index contributed by atoms with van der Waals surface area (Å²) in [6.07, 6.45) is 64.7. The summed E-state index contributed by atoms with van der Waals surface area (Å²) in [5.74, 6) is -0.183. The standard InChI is InChI=1S/C59H117N2O6P/c1-6-8-10-12-14-16-18-19-20-21-22-23-24-25-26-27-28-29-30-31-32-33-34-35-36-37-38-39-40-41-43-45-47-49-51-53-59(63)60-57(56-67-68(64,65)66-55-54-61(3,4)5)58(62)52-50-48-46-44-42-17-15-13-11-9-7-2/h42,44,50,52,57-58,62H,6-41,43,45-49,51,53-56H2,1-5H3,(H-,60,63,64,65)/p+1/b44-42+,52-50+. The van der Waals surface area contributed by atoms with Crippen molar-refractivity contribution in [1.82, 2.24) is 5.32 Å². The average Bonchev–Trinajstić information content (AvgIpc) is 3.30. The van der Waals surface area contributed by atoms with E-state index in [0.717, 1.165) is 38.5 Å². The molecule has 68 heavy (non-hydrogen) atoms. The van der Waals surface area contributed by atoms with Gasteiger partial charge in [0.1, 0.15) is 13.2 Å². The van der Waals surface area contributed by atoms with Gasteiger partial charge in [-0.1, -0.05) is 282 Å². The monoisotopic (exact) mass is 982 g/mol. The van der Waals surface area contributed by atoms with E-state index in [1.807, 2.05) is 27.2 Å². The molecule has 0 aromatic heterocycles. The van der Waals surface area contributed by atoms with Gasteiger partial charge >= 0.3 is 7.82 Å². The first-order valence-electron chi connectivity index (χ1n) is 29.7. The SMILES string of the molecule is CCCCCCC/C=C/CC/C=C/C(O)C(COP(=O)(O)OCC[N+](C)(C)C)NC(=O)CCCCCCCCCCCCCCCCCCCCCCCCCCCCCCCCCCCCC. The summed E-state index contributed by atoms with van der Waals surface area (Å²) in [6.45, 7) is 4.80. The van der Waals surface area contributed by atoms with Gasteiger partial charge in [-0.05, 0) is 32.1 Å². The van der Waals surface area contributed by atoms with Crippen LogP contribution >= 0.6 is 7.82 Å². The number of hydrogen-bond acceptors (Lipinski definition) is 5. The number of allylic oxidation sites excluding steroid dienone is 3. The third-order valence-electron chi connectivity index (χ3n) is 13.7. The lowest BCUT2D eigenvalue weighted by atomic mass is 10.0. The van der Waals surface area contributed by atoms with Crippen LogP contribution in [0.1, 0.15) is 296 Å². The number of likely N-dealkylation sites (N-methyl/N-ethyl adjacent to an activating group) is 1. The Morgan fingerprint density at radius 3 is 1.18 bits per heavy atom. The molecule has 0 fully saturated rings. The second-order valence-corrected chi connectivity index (χ2v) is 23.2. The van der Waals surface area contributed by atoms with Gasteiger partial charge in [-0.2, -0.15) is 0 Å². The van der Waals surface area contributed by atoms with E-state index in [1.165, 1.54) is 238 Å². The lowest BCUT2D eigenvalue weighted by Crippen LogP contribution is -2.45. The molecule has 404 valence electrons. The molecule has 0 spiro atoms. The number of rotatable bonds is 55. The maximum atomic E-state index is 12.9. The molecule has 9 heteroatoms. The van der Waals surface area contributed by atoms with Gasteiger partial charge in [0.05, 0.1) is 39.9 Å². The summed E-state index contributed by atoms with van der Waals surface area (Å²) in [5.41, 5.74) is 0. The molecule has 0 bridgehead atoms. The van der Waals surface area contributed by atoms with Gasteiger partial charge in [-0.15, -0.1) is 0 Å². The molecular weight excluding hydrogens is 864 g/mol. The minimum absolute atomic E-state index is 0.0583. The first-order valence-corrected chi connectivity index (χ1v) is 31.2. The number of aliphatic hydroxyl groups is 1. The molecule has 0 aliphatic carbocycles. The number of amides is 1. The highest BCUT2D eigenvalue weighted by Crippen LogP contribution is 2.43. The van der Waals surface area contributed by atoms with Crippen LogP contribution in [0.5, 0.6) is 0 Å². The van der Waals surface area contributed by atoms with Gasteiger partial charge in [0, 0.05) is 6.42 Å². The highest BCUT2D eigenvalue weighted by atomic mass is 31.2. The summed E-state index contributed by atoms with van der Waals surface area (Å²) in [6, 6.07) is -0.858. The van der Waals surface area contributed by atoms with Crippen LogP contribution in [-0.4, -0.2) is 73.4 Å². The molecule has 0 aliphatic rings. The topological polar surface area (TPSA) is 105 Å². The van der Waals surface area contributed by atoms with Crippen molar-refractivity contribution >= 4 is 13.7 Å². The Balaban J connectivity index is 3.88. The maximum absolute atomic E-state index is 12.9. The number of aliphatic hydroxyl groups excluding tert-OH is 1. The Morgan fingerprint density at radius 2 is 0.809 bits per heavy atom. The Hall–Kier alpha value is -1.02. The van der Waals surface area contributed by atoms with Crippen molar-refractivity contribution in [3.05, 3.63) is 24.3 Å². The quantitative estimate of drug-likeness (QED) is 0.0243. The average molecular weight is 983 g/mol. The van der Waals surface area contributed by atoms with E-state index < -0.39 is 20.0 Å². The first kappa shape index (κ1) is 67.0. The van der Waals surface area contributed by atoms with Crippen molar-refractivity contribution in [2.24, 2.45) is 0 Å². The molecule has 0 saturated heterocycles. The zero-order valence-corrected chi connectivity index (χ0v) is 47.0. The normalized spacial score (nSPS) is 14.0. The number of nitrogens with zero attached hydrogens (tertiary/aromatic N) is 1. The zero-order valence-electron chi connectivity index (χ0n) is 46.1. The zero-order chi connectivity index (χ0) is 49.9. The van der Waals surface area contributed by atoms with E-state index in [9.17, 15) is 19.4 Å². The van der Waals surface area contributed by atoms with Gasteiger partial charge in [-0.3, -0.25) is 13.8 Å². The molecule has 0 aliphatic heterocycles.